The molecule has 0 fully saturated rings. The van der Waals surface area contributed by atoms with Crippen molar-refractivity contribution in [2.24, 2.45) is 0 Å². The zero-order chi connectivity index (χ0) is 15.2. The third kappa shape index (κ3) is 4.14. The van der Waals surface area contributed by atoms with Gasteiger partial charge in [0.05, 0.1) is 11.4 Å². The number of nitrogens with one attached hydrogen (secondary N) is 1. The Hall–Kier alpha value is -2.69. The number of carbonyl (C=O) groups is 1. The average Bonchev–Trinajstić information content (AvgIpc) is 2.47. The summed E-state index contributed by atoms with van der Waals surface area (Å²) >= 11 is 0. The van der Waals surface area contributed by atoms with Gasteiger partial charge < -0.3 is 21.1 Å². The number of carbonyl (C=O) groups excluding carboxylic acids is 1. The zero-order valence-electron chi connectivity index (χ0n) is 11.9. The molecular formula is C16H19N3O2. The van der Waals surface area contributed by atoms with Crippen LogP contribution in [0.25, 0.3) is 0 Å². The topological polar surface area (TPSA) is 78.6 Å². The maximum Gasteiger partial charge on any atom is 0.226 e. The molecule has 5 heteroatoms. The van der Waals surface area contributed by atoms with Gasteiger partial charge in [-0.15, -0.1) is 0 Å². The second-order valence-corrected chi connectivity index (χ2v) is 4.83. The van der Waals surface area contributed by atoms with Crippen LogP contribution in [0.15, 0.2) is 48.5 Å². The van der Waals surface area contributed by atoms with Gasteiger partial charge in [0.25, 0.3) is 0 Å². The van der Waals surface area contributed by atoms with Crippen LogP contribution in [-0.4, -0.2) is 24.6 Å². The molecule has 0 spiro atoms. The van der Waals surface area contributed by atoms with Gasteiger partial charge in [0.2, 0.25) is 5.91 Å². The van der Waals surface area contributed by atoms with Crippen LogP contribution in [0.3, 0.4) is 0 Å². The van der Waals surface area contributed by atoms with Crippen LogP contribution in [0, 0.1) is 0 Å². The van der Waals surface area contributed by atoms with E-state index in [4.69, 9.17) is 5.73 Å². The number of rotatable bonds is 5. The van der Waals surface area contributed by atoms with Crippen LogP contribution in [0.1, 0.15) is 6.42 Å². The van der Waals surface area contributed by atoms with Gasteiger partial charge in [-0.25, -0.2) is 0 Å². The van der Waals surface area contributed by atoms with Crippen molar-refractivity contribution in [3.05, 3.63) is 48.5 Å². The Labute approximate surface area is 124 Å². The highest BCUT2D eigenvalue weighted by Crippen LogP contribution is 2.19. The van der Waals surface area contributed by atoms with E-state index in [0.29, 0.717) is 24.3 Å². The SMILES string of the molecule is CN(CCC(=O)Nc1ccccc1N)c1cccc(O)c1. The third-order valence-corrected chi connectivity index (χ3v) is 3.18. The number of nitrogens with zero attached hydrogens (tertiary/aromatic N) is 1. The Balaban J connectivity index is 1.88. The minimum absolute atomic E-state index is 0.0973. The summed E-state index contributed by atoms with van der Waals surface area (Å²) in [5, 5.41) is 12.2. The van der Waals surface area contributed by atoms with E-state index in [1.54, 1.807) is 30.3 Å². The fraction of sp³-hybridized carbons (Fsp3) is 0.188. The van der Waals surface area contributed by atoms with Crippen LogP contribution in [0.2, 0.25) is 0 Å². The second-order valence-electron chi connectivity index (χ2n) is 4.83. The summed E-state index contributed by atoms with van der Waals surface area (Å²) in [6.45, 7) is 0.544. The molecule has 2 aromatic carbocycles. The van der Waals surface area contributed by atoms with Crippen molar-refractivity contribution in [2.45, 2.75) is 6.42 Å². The minimum Gasteiger partial charge on any atom is -0.508 e. The van der Waals surface area contributed by atoms with Gasteiger partial charge in [0.15, 0.2) is 0 Å². The van der Waals surface area contributed by atoms with Crippen LogP contribution >= 0.6 is 0 Å². The first kappa shape index (κ1) is 14.7. The van der Waals surface area contributed by atoms with Crippen molar-refractivity contribution in [3.8, 4) is 5.75 Å². The lowest BCUT2D eigenvalue weighted by Gasteiger charge is -2.19. The van der Waals surface area contributed by atoms with Gasteiger partial charge in [-0.05, 0) is 24.3 Å². The van der Waals surface area contributed by atoms with E-state index in [1.807, 2.05) is 30.1 Å². The van der Waals surface area contributed by atoms with Crippen LogP contribution < -0.4 is 16.0 Å². The van der Waals surface area contributed by atoms with Gasteiger partial charge in [-0.3, -0.25) is 4.79 Å². The highest BCUT2D eigenvalue weighted by atomic mass is 16.3. The van der Waals surface area contributed by atoms with E-state index >= 15 is 0 Å². The normalized spacial score (nSPS) is 10.1. The molecule has 0 heterocycles. The number of amides is 1. The number of phenols is 1. The average molecular weight is 285 g/mol. The molecule has 0 saturated heterocycles. The summed E-state index contributed by atoms with van der Waals surface area (Å²) in [5.41, 5.74) is 7.82. The van der Waals surface area contributed by atoms with Gasteiger partial charge >= 0.3 is 0 Å². The van der Waals surface area contributed by atoms with Crippen molar-refractivity contribution < 1.29 is 9.90 Å². The zero-order valence-corrected chi connectivity index (χ0v) is 11.9. The lowest BCUT2D eigenvalue weighted by atomic mass is 10.2. The molecule has 0 aliphatic rings. The number of phenolic OH excluding ortho intramolecular Hbond substituents is 1. The summed E-state index contributed by atoms with van der Waals surface area (Å²) in [5.74, 6) is 0.112. The molecule has 0 bridgehead atoms. The molecule has 4 N–H and O–H groups in total. The van der Waals surface area contributed by atoms with Gasteiger partial charge in [0, 0.05) is 31.8 Å². The summed E-state index contributed by atoms with van der Waals surface area (Å²) in [6.07, 6.45) is 0.334. The maximum atomic E-state index is 11.9. The molecule has 2 rings (SSSR count). The Morgan fingerprint density at radius 1 is 1.24 bits per heavy atom. The molecule has 0 unspecified atom stereocenters. The molecule has 110 valence electrons. The Kier molecular flexibility index (Phi) is 4.66. The summed E-state index contributed by atoms with van der Waals surface area (Å²) < 4.78 is 0. The van der Waals surface area contributed by atoms with Crippen molar-refractivity contribution in [3.63, 3.8) is 0 Å². The molecule has 0 radical (unpaired) electrons. The van der Waals surface area contributed by atoms with E-state index in [-0.39, 0.29) is 11.7 Å². The van der Waals surface area contributed by atoms with Crippen LogP contribution in [0.5, 0.6) is 5.75 Å². The van der Waals surface area contributed by atoms with E-state index in [2.05, 4.69) is 5.32 Å². The molecule has 1 amide bonds. The minimum atomic E-state index is -0.0973. The van der Waals surface area contributed by atoms with Crippen molar-refractivity contribution in [1.82, 2.24) is 0 Å². The summed E-state index contributed by atoms with van der Waals surface area (Å²) in [4.78, 5) is 13.8. The summed E-state index contributed by atoms with van der Waals surface area (Å²) in [6, 6.07) is 14.1. The molecule has 0 saturated carbocycles. The molecule has 2 aromatic rings. The van der Waals surface area contributed by atoms with Crippen molar-refractivity contribution >= 4 is 23.0 Å². The number of nitrogens with two attached hydrogens (primary N) is 1. The van der Waals surface area contributed by atoms with Crippen LogP contribution in [-0.2, 0) is 4.79 Å². The van der Waals surface area contributed by atoms with Crippen molar-refractivity contribution in [1.29, 1.82) is 0 Å². The van der Waals surface area contributed by atoms with E-state index in [1.165, 1.54) is 0 Å². The standard InChI is InChI=1S/C16H19N3O2/c1-19(12-5-4-6-13(20)11-12)10-9-16(21)18-15-8-3-2-7-14(15)17/h2-8,11,20H,9-10,17H2,1H3,(H,18,21). The monoisotopic (exact) mass is 285 g/mol. The third-order valence-electron chi connectivity index (χ3n) is 3.18. The molecule has 5 nitrogen and oxygen atoms in total. The number of nitrogen functional groups attached to an aromatic ring is 1. The molecule has 0 aromatic heterocycles. The fourth-order valence-corrected chi connectivity index (χ4v) is 1.95. The van der Waals surface area contributed by atoms with Gasteiger partial charge in [-0.2, -0.15) is 0 Å². The number of para-hydroxylation sites is 2. The molecule has 0 aliphatic heterocycles. The van der Waals surface area contributed by atoms with Gasteiger partial charge in [-0.1, -0.05) is 18.2 Å². The highest BCUT2D eigenvalue weighted by molar-refractivity contribution is 5.94. The smallest absolute Gasteiger partial charge is 0.226 e. The Morgan fingerprint density at radius 3 is 2.71 bits per heavy atom. The first-order valence-corrected chi connectivity index (χ1v) is 6.71. The van der Waals surface area contributed by atoms with Gasteiger partial charge in [0.1, 0.15) is 5.75 Å². The Bertz CT molecular complexity index is 628. The fourth-order valence-electron chi connectivity index (χ4n) is 1.95. The van der Waals surface area contributed by atoms with E-state index in [0.717, 1.165) is 5.69 Å². The predicted molar refractivity (Wildman–Crippen MR) is 85.5 cm³/mol. The second kappa shape index (κ2) is 6.65. The quantitative estimate of drug-likeness (QED) is 0.737. The molecule has 0 aliphatic carbocycles. The maximum absolute atomic E-state index is 11.9. The molecule has 0 atom stereocenters. The number of hydrogen-bond donors (Lipinski definition) is 3. The largest absolute Gasteiger partial charge is 0.508 e. The van der Waals surface area contributed by atoms with E-state index in [9.17, 15) is 9.90 Å². The van der Waals surface area contributed by atoms with E-state index < -0.39 is 0 Å². The number of aromatic hydroxyl groups is 1. The molecule has 21 heavy (non-hydrogen) atoms. The number of benzene rings is 2. The lowest BCUT2D eigenvalue weighted by molar-refractivity contribution is -0.116. The Morgan fingerprint density at radius 2 is 2.00 bits per heavy atom. The first-order valence-electron chi connectivity index (χ1n) is 6.71. The lowest BCUT2D eigenvalue weighted by Crippen LogP contribution is -2.24. The first-order chi connectivity index (χ1) is 10.1. The highest BCUT2D eigenvalue weighted by Gasteiger charge is 2.07. The predicted octanol–water partition coefficient (Wildman–Crippen LogP) is 2.44. The van der Waals surface area contributed by atoms with Crippen LogP contribution in [0.4, 0.5) is 17.1 Å². The molecular weight excluding hydrogens is 266 g/mol. The summed E-state index contributed by atoms with van der Waals surface area (Å²) in [7, 11) is 1.87. The number of hydrogen-bond acceptors (Lipinski definition) is 4. The van der Waals surface area contributed by atoms with Crippen molar-refractivity contribution in [2.75, 3.05) is 29.5 Å². The number of anilines is 3.